The molecular weight excluding hydrogens is 306 g/mol. The molecular formula is C23H23NO. The van der Waals surface area contributed by atoms with Crippen LogP contribution < -0.4 is 10.1 Å². The van der Waals surface area contributed by atoms with Crippen LogP contribution >= 0.6 is 0 Å². The van der Waals surface area contributed by atoms with Gasteiger partial charge in [-0.15, -0.1) is 0 Å². The van der Waals surface area contributed by atoms with Gasteiger partial charge in [0.2, 0.25) is 0 Å². The van der Waals surface area contributed by atoms with Crippen molar-refractivity contribution in [2.24, 2.45) is 0 Å². The van der Waals surface area contributed by atoms with E-state index in [0.717, 1.165) is 18.9 Å². The van der Waals surface area contributed by atoms with Gasteiger partial charge >= 0.3 is 0 Å². The molecule has 0 bridgehead atoms. The molecule has 0 unspecified atom stereocenters. The van der Waals surface area contributed by atoms with Gasteiger partial charge in [-0.05, 0) is 59.8 Å². The molecule has 0 aromatic heterocycles. The van der Waals surface area contributed by atoms with E-state index in [1.807, 2.05) is 12.1 Å². The Morgan fingerprint density at radius 1 is 0.760 bits per heavy atom. The van der Waals surface area contributed by atoms with Crippen LogP contribution in [0.3, 0.4) is 0 Å². The maximum Gasteiger partial charge on any atom is 0.120 e. The van der Waals surface area contributed by atoms with Crippen molar-refractivity contribution < 1.29 is 4.74 Å². The molecule has 1 N–H and O–H groups in total. The average molecular weight is 329 g/mol. The molecule has 3 aromatic rings. The molecule has 2 heteroatoms. The van der Waals surface area contributed by atoms with E-state index in [2.05, 4.69) is 72.0 Å². The smallest absolute Gasteiger partial charge is 0.120 e. The molecule has 0 aliphatic carbocycles. The number of hydrogen-bond donors (Lipinski definition) is 1. The summed E-state index contributed by atoms with van der Waals surface area (Å²) < 4.78 is 6.15. The summed E-state index contributed by atoms with van der Waals surface area (Å²) in [5.74, 6) is 0.939. The van der Waals surface area contributed by atoms with Crippen molar-refractivity contribution in [1.29, 1.82) is 0 Å². The van der Waals surface area contributed by atoms with E-state index < -0.39 is 0 Å². The van der Waals surface area contributed by atoms with Crippen molar-refractivity contribution in [2.75, 3.05) is 13.2 Å². The Morgan fingerprint density at radius 3 is 1.88 bits per heavy atom. The Morgan fingerprint density at radius 2 is 1.36 bits per heavy atom. The number of ether oxygens (including phenoxy) is 1. The van der Waals surface area contributed by atoms with Crippen LogP contribution in [-0.4, -0.2) is 19.2 Å². The first kappa shape index (κ1) is 15.9. The zero-order valence-electron chi connectivity index (χ0n) is 14.3. The summed E-state index contributed by atoms with van der Waals surface area (Å²) in [6.07, 6.45) is 2.44. The van der Waals surface area contributed by atoms with E-state index >= 15 is 0 Å². The Kier molecular flexibility index (Phi) is 4.80. The average Bonchev–Trinajstić information content (AvgIpc) is 3.21. The lowest BCUT2D eigenvalue weighted by Crippen LogP contribution is -2.28. The molecule has 0 radical (unpaired) electrons. The number of hydrogen-bond acceptors (Lipinski definition) is 2. The van der Waals surface area contributed by atoms with Crippen molar-refractivity contribution in [3.05, 3.63) is 78.9 Å². The predicted octanol–water partition coefficient (Wildman–Crippen LogP) is 5.15. The molecule has 1 aliphatic heterocycles. The van der Waals surface area contributed by atoms with Crippen LogP contribution in [0.25, 0.3) is 22.3 Å². The van der Waals surface area contributed by atoms with E-state index in [-0.39, 0.29) is 0 Å². The van der Waals surface area contributed by atoms with Crippen molar-refractivity contribution in [2.45, 2.75) is 18.9 Å². The first-order chi connectivity index (χ1) is 12.4. The highest BCUT2D eigenvalue weighted by Gasteiger charge is 2.15. The second kappa shape index (κ2) is 7.54. The monoisotopic (exact) mass is 329 g/mol. The fourth-order valence-electron chi connectivity index (χ4n) is 3.37. The van der Waals surface area contributed by atoms with Gasteiger partial charge in [0.05, 0.1) is 0 Å². The molecule has 126 valence electrons. The van der Waals surface area contributed by atoms with E-state index in [1.54, 1.807) is 0 Å². The minimum absolute atomic E-state index is 0.473. The van der Waals surface area contributed by atoms with Gasteiger partial charge in [-0.3, -0.25) is 0 Å². The van der Waals surface area contributed by atoms with Crippen molar-refractivity contribution in [3.8, 4) is 28.0 Å². The first-order valence-corrected chi connectivity index (χ1v) is 9.00. The second-order valence-corrected chi connectivity index (χ2v) is 6.58. The Labute approximate surface area is 149 Å². The Bertz CT molecular complexity index is 750. The molecule has 1 heterocycles. The van der Waals surface area contributed by atoms with Gasteiger partial charge in [0, 0.05) is 6.04 Å². The van der Waals surface area contributed by atoms with Crippen LogP contribution in [0.2, 0.25) is 0 Å². The number of nitrogens with one attached hydrogen (secondary N) is 1. The lowest BCUT2D eigenvalue weighted by atomic mass is 9.98. The third-order valence-electron chi connectivity index (χ3n) is 4.73. The first-order valence-electron chi connectivity index (χ1n) is 9.00. The number of benzene rings is 3. The van der Waals surface area contributed by atoms with Crippen LogP contribution in [0.4, 0.5) is 0 Å². The fourth-order valence-corrected chi connectivity index (χ4v) is 3.37. The van der Waals surface area contributed by atoms with Gasteiger partial charge < -0.3 is 10.1 Å². The molecule has 0 amide bonds. The molecule has 0 saturated carbocycles. The summed E-state index contributed by atoms with van der Waals surface area (Å²) in [5, 5.41) is 3.49. The molecule has 4 rings (SSSR count). The molecule has 1 fully saturated rings. The summed E-state index contributed by atoms with van der Waals surface area (Å²) in [4.78, 5) is 0. The molecule has 1 aliphatic rings. The van der Waals surface area contributed by atoms with Gasteiger partial charge in [-0.2, -0.15) is 0 Å². The van der Waals surface area contributed by atoms with E-state index in [1.165, 1.54) is 35.1 Å². The third kappa shape index (κ3) is 3.92. The highest BCUT2D eigenvalue weighted by Crippen LogP contribution is 2.31. The lowest BCUT2D eigenvalue weighted by molar-refractivity contribution is 0.277. The molecule has 2 nitrogen and oxygen atoms in total. The summed E-state index contributed by atoms with van der Waals surface area (Å²) in [5.41, 5.74) is 4.81. The topological polar surface area (TPSA) is 21.3 Å². The highest BCUT2D eigenvalue weighted by molar-refractivity contribution is 5.75. The number of rotatable bonds is 5. The Balaban J connectivity index is 1.67. The van der Waals surface area contributed by atoms with Gasteiger partial charge in [0.1, 0.15) is 12.4 Å². The summed E-state index contributed by atoms with van der Waals surface area (Å²) >= 11 is 0. The minimum atomic E-state index is 0.473. The van der Waals surface area contributed by atoms with Gasteiger partial charge in [0.25, 0.3) is 0 Å². The van der Waals surface area contributed by atoms with Crippen LogP contribution in [-0.2, 0) is 0 Å². The summed E-state index contributed by atoms with van der Waals surface area (Å²) in [6, 6.07) is 28.0. The quantitative estimate of drug-likeness (QED) is 0.699. The van der Waals surface area contributed by atoms with Crippen LogP contribution in [0.15, 0.2) is 78.9 Å². The highest BCUT2D eigenvalue weighted by atomic mass is 16.5. The third-order valence-corrected chi connectivity index (χ3v) is 4.73. The predicted molar refractivity (Wildman–Crippen MR) is 104 cm³/mol. The zero-order chi connectivity index (χ0) is 16.9. The molecule has 1 atom stereocenters. The standard InChI is InChI=1S/C23H23NO/c1-3-8-18(9-4-1)20-14-21(19-10-5-2-6-11-19)16-23(15-20)25-17-22-12-7-13-24-22/h1-6,8-11,14-16,22,24H,7,12-13,17H2/t22-/m0/s1. The fraction of sp³-hybridized carbons (Fsp3) is 0.217. The molecule has 3 aromatic carbocycles. The molecule has 1 saturated heterocycles. The van der Waals surface area contributed by atoms with Gasteiger partial charge in [0.15, 0.2) is 0 Å². The normalized spacial score (nSPS) is 16.7. The molecule has 0 spiro atoms. The van der Waals surface area contributed by atoms with Gasteiger partial charge in [-0.25, -0.2) is 0 Å². The lowest BCUT2D eigenvalue weighted by Gasteiger charge is -2.15. The van der Waals surface area contributed by atoms with Gasteiger partial charge in [-0.1, -0.05) is 60.7 Å². The SMILES string of the molecule is c1ccc(-c2cc(OC[C@@H]3CCCN3)cc(-c3ccccc3)c2)cc1. The minimum Gasteiger partial charge on any atom is -0.492 e. The largest absolute Gasteiger partial charge is 0.492 e. The van der Waals surface area contributed by atoms with E-state index in [0.29, 0.717) is 6.04 Å². The van der Waals surface area contributed by atoms with Crippen molar-refractivity contribution in [1.82, 2.24) is 5.32 Å². The van der Waals surface area contributed by atoms with Crippen LogP contribution in [0, 0.1) is 0 Å². The van der Waals surface area contributed by atoms with Crippen LogP contribution in [0.5, 0.6) is 5.75 Å². The second-order valence-electron chi connectivity index (χ2n) is 6.58. The summed E-state index contributed by atoms with van der Waals surface area (Å²) in [6.45, 7) is 1.83. The zero-order valence-corrected chi connectivity index (χ0v) is 14.3. The van der Waals surface area contributed by atoms with E-state index in [9.17, 15) is 0 Å². The van der Waals surface area contributed by atoms with Crippen molar-refractivity contribution in [3.63, 3.8) is 0 Å². The van der Waals surface area contributed by atoms with Crippen molar-refractivity contribution >= 4 is 0 Å². The van der Waals surface area contributed by atoms with Crippen LogP contribution in [0.1, 0.15) is 12.8 Å². The molecule has 25 heavy (non-hydrogen) atoms. The maximum absolute atomic E-state index is 6.15. The Hall–Kier alpha value is -2.58. The van der Waals surface area contributed by atoms with E-state index in [4.69, 9.17) is 4.74 Å². The summed E-state index contributed by atoms with van der Waals surface area (Å²) in [7, 11) is 0. The maximum atomic E-state index is 6.15.